The quantitative estimate of drug-likeness (QED) is 0.886. The number of pyridine rings is 1. The van der Waals surface area contributed by atoms with Crippen LogP contribution in [0.1, 0.15) is 44.3 Å². The predicted molar refractivity (Wildman–Crippen MR) is 73.4 cm³/mol. The zero-order chi connectivity index (χ0) is 12.4. The van der Waals surface area contributed by atoms with E-state index in [0.29, 0.717) is 12.1 Å². The first-order valence-corrected chi connectivity index (χ1v) is 7.25. The average Bonchev–Trinajstić information content (AvgIpc) is 2.83. The highest BCUT2D eigenvalue weighted by Gasteiger charge is 2.35. The van der Waals surface area contributed by atoms with Gasteiger partial charge in [0.05, 0.1) is 5.69 Å². The van der Waals surface area contributed by atoms with Gasteiger partial charge in [0.2, 0.25) is 0 Å². The minimum absolute atomic E-state index is 0.359. The van der Waals surface area contributed by atoms with Crippen LogP contribution in [0.25, 0.3) is 0 Å². The van der Waals surface area contributed by atoms with Crippen molar-refractivity contribution < 1.29 is 0 Å². The molecule has 3 heterocycles. The van der Waals surface area contributed by atoms with E-state index in [4.69, 9.17) is 0 Å². The Balaban J connectivity index is 1.63. The summed E-state index contributed by atoms with van der Waals surface area (Å²) in [5, 5.41) is 3.79. The largest absolute Gasteiger partial charge is 0.304 e. The standard InChI is InChI=1S/C15H23N3/c1-12(13-6-2-4-9-16-13)17-14-8-11-18-10-5-3-7-15(14)18/h2,4,6,9,12,14-15,17H,3,5,7-8,10-11H2,1H3/t12-,14?,15?/m1/s1. The molecule has 0 saturated carbocycles. The molecule has 2 aliphatic heterocycles. The molecular formula is C15H23N3. The molecule has 18 heavy (non-hydrogen) atoms. The van der Waals surface area contributed by atoms with Crippen LogP contribution in [0.5, 0.6) is 0 Å². The molecule has 0 spiro atoms. The molecule has 3 heteroatoms. The van der Waals surface area contributed by atoms with Gasteiger partial charge >= 0.3 is 0 Å². The van der Waals surface area contributed by atoms with Gasteiger partial charge in [-0.15, -0.1) is 0 Å². The molecule has 2 fully saturated rings. The van der Waals surface area contributed by atoms with Gasteiger partial charge in [-0.2, -0.15) is 0 Å². The van der Waals surface area contributed by atoms with Gasteiger partial charge in [-0.3, -0.25) is 9.88 Å². The fourth-order valence-electron chi connectivity index (χ4n) is 3.48. The number of nitrogens with zero attached hydrogens (tertiary/aromatic N) is 2. The van der Waals surface area contributed by atoms with Gasteiger partial charge in [0, 0.05) is 30.9 Å². The maximum atomic E-state index is 4.45. The van der Waals surface area contributed by atoms with Crippen molar-refractivity contribution in [3.8, 4) is 0 Å². The molecule has 3 atom stereocenters. The highest BCUT2D eigenvalue weighted by molar-refractivity contribution is 5.09. The molecule has 2 saturated heterocycles. The molecule has 0 aromatic carbocycles. The number of rotatable bonds is 3. The van der Waals surface area contributed by atoms with Crippen LogP contribution in [0, 0.1) is 0 Å². The number of fused-ring (bicyclic) bond motifs is 1. The second-order valence-corrected chi connectivity index (χ2v) is 5.64. The highest BCUT2D eigenvalue weighted by Crippen LogP contribution is 2.28. The Bertz CT molecular complexity index is 379. The molecule has 0 bridgehead atoms. The summed E-state index contributed by atoms with van der Waals surface area (Å²) < 4.78 is 0. The normalized spacial score (nSPS) is 30.1. The summed E-state index contributed by atoms with van der Waals surface area (Å²) >= 11 is 0. The van der Waals surface area contributed by atoms with E-state index in [9.17, 15) is 0 Å². The number of aromatic nitrogens is 1. The van der Waals surface area contributed by atoms with Crippen LogP contribution < -0.4 is 5.32 Å². The Labute approximate surface area is 110 Å². The second kappa shape index (κ2) is 5.37. The van der Waals surface area contributed by atoms with E-state index in [0.717, 1.165) is 11.7 Å². The molecule has 3 nitrogen and oxygen atoms in total. The lowest BCUT2D eigenvalue weighted by molar-refractivity contribution is 0.177. The minimum atomic E-state index is 0.359. The van der Waals surface area contributed by atoms with Crippen LogP contribution in [-0.2, 0) is 0 Å². The summed E-state index contributed by atoms with van der Waals surface area (Å²) in [6.07, 6.45) is 7.33. The molecule has 2 aliphatic rings. The van der Waals surface area contributed by atoms with Crippen molar-refractivity contribution >= 4 is 0 Å². The SMILES string of the molecule is C[C@@H](NC1CCN2CCCCC12)c1ccccn1. The van der Waals surface area contributed by atoms with Crippen molar-refractivity contribution in [2.24, 2.45) is 0 Å². The molecule has 1 aromatic rings. The van der Waals surface area contributed by atoms with Crippen LogP contribution >= 0.6 is 0 Å². The minimum Gasteiger partial charge on any atom is -0.304 e. The Morgan fingerprint density at radius 3 is 3.06 bits per heavy atom. The van der Waals surface area contributed by atoms with Crippen molar-refractivity contribution in [3.63, 3.8) is 0 Å². The first kappa shape index (κ1) is 12.1. The fraction of sp³-hybridized carbons (Fsp3) is 0.667. The molecular weight excluding hydrogens is 222 g/mol. The molecule has 0 aliphatic carbocycles. The summed E-state index contributed by atoms with van der Waals surface area (Å²) in [5.74, 6) is 0. The zero-order valence-corrected chi connectivity index (χ0v) is 11.2. The molecule has 3 rings (SSSR count). The Kier molecular flexibility index (Phi) is 3.62. The summed E-state index contributed by atoms with van der Waals surface area (Å²) in [5.41, 5.74) is 1.16. The summed E-state index contributed by atoms with van der Waals surface area (Å²) in [4.78, 5) is 7.12. The summed E-state index contributed by atoms with van der Waals surface area (Å²) in [7, 11) is 0. The fourth-order valence-corrected chi connectivity index (χ4v) is 3.48. The highest BCUT2D eigenvalue weighted by atomic mass is 15.2. The van der Waals surface area contributed by atoms with E-state index < -0.39 is 0 Å². The van der Waals surface area contributed by atoms with Crippen molar-refractivity contribution in [3.05, 3.63) is 30.1 Å². The summed E-state index contributed by atoms with van der Waals surface area (Å²) in [6, 6.07) is 7.95. The van der Waals surface area contributed by atoms with Crippen LogP contribution in [0.3, 0.4) is 0 Å². The zero-order valence-electron chi connectivity index (χ0n) is 11.2. The molecule has 98 valence electrons. The van der Waals surface area contributed by atoms with Gasteiger partial charge in [-0.25, -0.2) is 0 Å². The first-order chi connectivity index (χ1) is 8.84. The Morgan fingerprint density at radius 2 is 2.22 bits per heavy atom. The van der Waals surface area contributed by atoms with Gasteiger partial charge in [0.1, 0.15) is 0 Å². The number of hydrogen-bond donors (Lipinski definition) is 1. The first-order valence-electron chi connectivity index (χ1n) is 7.25. The number of nitrogens with one attached hydrogen (secondary N) is 1. The third kappa shape index (κ3) is 2.43. The Hall–Kier alpha value is -0.930. The van der Waals surface area contributed by atoms with Crippen molar-refractivity contribution in [2.45, 2.75) is 50.7 Å². The molecule has 0 radical (unpaired) electrons. The third-order valence-corrected chi connectivity index (χ3v) is 4.45. The maximum Gasteiger partial charge on any atom is 0.0570 e. The van der Waals surface area contributed by atoms with E-state index in [1.807, 2.05) is 12.3 Å². The van der Waals surface area contributed by atoms with E-state index >= 15 is 0 Å². The van der Waals surface area contributed by atoms with E-state index in [1.165, 1.54) is 38.8 Å². The lowest BCUT2D eigenvalue weighted by atomic mass is 9.98. The number of piperidine rings is 1. The van der Waals surface area contributed by atoms with Crippen LogP contribution in [-0.4, -0.2) is 35.1 Å². The van der Waals surface area contributed by atoms with Crippen molar-refractivity contribution in [2.75, 3.05) is 13.1 Å². The third-order valence-electron chi connectivity index (χ3n) is 4.45. The van der Waals surface area contributed by atoms with Crippen molar-refractivity contribution in [1.82, 2.24) is 15.2 Å². The molecule has 1 aromatic heterocycles. The smallest absolute Gasteiger partial charge is 0.0570 e. The monoisotopic (exact) mass is 245 g/mol. The van der Waals surface area contributed by atoms with Crippen molar-refractivity contribution in [1.29, 1.82) is 0 Å². The van der Waals surface area contributed by atoms with Gasteiger partial charge < -0.3 is 5.32 Å². The lowest BCUT2D eigenvalue weighted by Gasteiger charge is -2.33. The second-order valence-electron chi connectivity index (χ2n) is 5.64. The van der Waals surface area contributed by atoms with Crippen LogP contribution in [0.2, 0.25) is 0 Å². The van der Waals surface area contributed by atoms with Gasteiger partial charge in [-0.1, -0.05) is 12.5 Å². The van der Waals surface area contributed by atoms with Gasteiger partial charge in [0.15, 0.2) is 0 Å². The molecule has 1 N–H and O–H groups in total. The average molecular weight is 245 g/mol. The Morgan fingerprint density at radius 1 is 1.28 bits per heavy atom. The molecule has 2 unspecified atom stereocenters. The molecule has 0 amide bonds. The van der Waals surface area contributed by atoms with E-state index in [2.05, 4.69) is 34.3 Å². The predicted octanol–water partition coefficient (Wildman–Crippen LogP) is 2.36. The summed E-state index contributed by atoms with van der Waals surface area (Å²) in [6.45, 7) is 4.81. The number of hydrogen-bond acceptors (Lipinski definition) is 3. The van der Waals surface area contributed by atoms with E-state index in [-0.39, 0.29) is 0 Å². The van der Waals surface area contributed by atoms with Gasteiger partial charge in [0.25, 0.3) is 0 Å². The van der Waals surface area contributed by atoms with Crippen LogP contribution in [0.4, 0.5) is 0 Å². The van der Waals surface area contributed by atoms with E-state index in [1.54, 1.807) is 0 Å². The van der Waals surface area contributed by atoms with Crippen LogP contribution in [0.15, 0.2) is 24.4 Å². The topological polar surface area (TPSA) is 28.2 Å². The van der Waals surface area contributed by atoms with Gasteiger partial charge in [-0.05, 0) is 44.9 Å². The maximum absolute atomic E-state index is 4.45. The lowest BCUT2D eigenvalue weighted by Crippen LogP contribution is -2.45.